The van der Waals surface area contributed by atoms with Crippen molar-refractivity contribution in [2.75, 3.05) is 9.80 Å². The number of fused-ring (bicyclic) bond motifs is 5. The Bertz CT molecular complexity index is 1100. The van der Waals surface area contributed by atoms with Crippen molar-refractivity contribution in [2.24, 2.45) is 11.3 Å². The van der Waals surface area contributed by atoms with Crippen LogP contribution in [0.15, 0.2) is 73.8 Å². The van der Waals surface area contributed by atoms with E-state index in [4.69, 9.17) is 9.97 Å². The van der Waals surface area contributed by atoms with E-state index in [1.54, 1.807) is 6.33 Å². The summed E-state index contributed by atoms with van der Waals surface area (Å²) in [6.45, 7) is 11.3. The minimum absolute atomic E-state index is 0.0137. The van der Waals surface area contributed by atoms with Gasteiger partial charge < -0.3 is 4.90 Å². The number of para-hydroxylation sites is 1. The van der Waals surface area contributed by atoms with Crippen LogP contribution in [0.25, 0.3) is 0 Å². The molecule has 0 N–H and O–H groups in total. The van der Waals surface area contributed by atoms with Crippen LogP contribution >= 0.6 is 0 Å². The number of aromatic nitrogens is 3. The summed E-state index contributed by atoms with van der Waals surface area (Å²) in [5.74, 6) is 2.51. The number of hydrogen-bond acceptors (Lipinski definition) is 5. The van der Waals surface area contributed by atoms with E-state index in [1.807, 2.05) is 24.5 Å². The van der Waals surface area contributed by atoms with Crippen molar-refractivity contribution in [2.45, 2.75) is 45.7 Å². The van der Waals surface area contributed by atoms with Crippen molar-refractivity contribution in [1.82, 2.24) is 15.0 Å². The van der Waals surface area contributed by atoms with Crippen molar-refractivity contribution in [3.05, 3.63) is 79.4 Å². The molecule has 2 aliphatic rings. The number of pyridine rings is 1. The topological polar surface area (TPSA) is 45.2 Å². The Morgan fingerprint density at radius 2 is 1.84 bits per heavy atom. The Balaban J connectivity index is 1.86. The van der Waals surface area contributed by atoms with Gasteiger partial charge in [-0.3, -0.25) is 4.90 Å². The van der Waals surface area contributed by atoms with Gasteiger partial charge in [0.25, 0.3) is 0 Å². The van der Waals surface area contributed by atoms with Crippen LogP contribution in [0.3, 0.4) is 0 Å². The fourth-order valence-corrected chi connectivity index (χ4v) is 5.79. The van der Waals surface area contributed by atoms with Gasteiger partial charge in [0.05, 0.1) is 6.20 Å². The lowest BCUT2D eigenvalue weighted by Gasteiger charge is -2.47. The van der Waals surface area contributed by atoms with Crippen LogP contribution in [-0.2, 0) is 0 Å². The van der Waals surface area contributed by atoms with Crippen molar-refractivity contribution < 1.29 is 0 Å². The molecule has 0 saturated heterocycles. The molecule has 5 nitrogen and oxygen atoms in total. The summed E-state index contributed by atoms with van der Waals surface area (Å²) in [4.78, 5) is 18.7. The molecule has 0 fully saturated rings. The number of benzene rings is 1. The summed E-state index contributed by atoms with van der Waals surface area (Å²) < 4.78 is 0. The summed E-state index contributed by atoms with van der Waals surface area (Å²) in [6, 6.07) is 14.9. The van der Waals surface area contributed by atoms with E-state index in [0.717, 1.165) is 30.2 Å². The molecular weight excluding hydrogens is 382 g/mol. The van der Waals surface area contributed by atoms with Gasteiger partial charge in [0.2, 0.25) is 0 Å². The quantitative estimate of drug-likeness (QED) is 0.477. The molecule has 0 spiro atoms. The smallest absolute Gasteiger partial charge is 0.163 e. The Hall–Kier alpha value is -3.21. The van der Waals surface area contributed by atoms with E-state index in [9.17, 15) is 0 Å². The van der Waals surface area contributed by atoms with Crippen molar-refractivity contribution in [1.29, 1.82) is 0 Å². The molecule has 0 amide bonds. The van der Waals surface area contributed by atoms with Crippen molar-refractivity contribution in [3.63, 3.8) is 0 Å². The Kier molecular flexibility index (Phi) is 4.77. The molecule has 158 valence electrons. The third kappa shape index (κ3) is 2.72. The molecular formula is C26H29N5. The molecule has 5 rings (SSSR count). The van der Waals surface area contributed by atoms with Gasteiger partial charge in [-0.1, -0.05) is 51.1 Å². The first-order valence-corrected chi connectivity index (χ1v) is 11.2. The van der Waals surface area contributed by atoms with E-state index in [1.165, 1.54) is 11.3 Å². The lowest BCUT2D eigenvalue weighted by Crippen LogP contribution is -2.53. The van der Waals surface area contributed by atoms with E-state index < -0.39 is 0 Å². The minimum Gasteiger partial charge on any atom is -0.315 e. The van der Waals surface area contributed by atoms with Crippen LogP contribution in [0, 0.1) is 11.3 Å². The predicted octanol–water partition coefficient (Wildman–Crippen LogP) is 6.21. The van der Waals surface area contributed by atoms with Crippen LogP contribution < -0.4 is 9.80 Å². The monoisotopic (exact) mass is 411 g/mol. The standard InChI is InChI=1S/C26H29N5/c1-5-18-19-12-8-9-13-21(19)30-22-16-27-17-29-24(22)31(23-14-10-11-15-28-23)25(30)26(4,7-3)20(18)6-2/h6,8-18,20,25H,2,5,7H2,1,3-4H3. The first-order chi connectivity index (χ1) is 15.2. The van der Waals surface area contributed by atoms with Gasteiger partial charge >= 0.3 is 0 Å². The normalized spacial score (nSPS) is 26.6. The SMILES string of the molecule is C=CC1C(CC)c2ccccc2N2c3cncnc3N(c3ccccn3)C2C1(C)CC. The molecule has 4 atom stereocenters. The zero-order valence-electron chi connectivity index (χ0n) is 18.4. The minimum atomic E-state index is -0.0976. The average Bonchev–Trinajstić information content (AvgIpc) is 3.14. The molecule has 1 aromatic carbocycles. The van der Waals surface area contributed by atoms with Gasteiger partial charge in [0.15, 0.2) is 5.82 Å². The van der Waals surface area contributed by atoms with Gasteiger partial charge in [-0.2, -0.15) is 0 Å². The second-order valence-corrected chi connectivity index (χ2v) is 8.73. The second kappa shape index (κ2) is 7.49. The maximum absolute atomic E-state index is 4.74. The van der Waals surface area contributed by atoms with Crippen LogP contribution in [0.4, 0.5) is 23.0 Å². The number of hydrogen-bond donors (Lipinski definition) is 0. The van der Waals surface area contributed by atoms with E-state index >= 15 is 0 Å². The van der Waals surface area contributed by atoms with Gasteiger partial charge in [-0.15, -0.1) is 6.58 Å². The number of rotatable bonds is 4. The Labute approximate surface area is 184 Å². The van der Waals surface area contributed by atoms with Crippen LogP contribution in [0.1, 0.15) is 45.1 Å². The molecule has 31 heavy (non-hydrogen) atoms. The molecule has 0 bridgehead atoms. The molecule has 3 aromatic rings. The highest BCUT2D eigenvalue weighted by atomic mass is 15.5. The number of allylic oxidation sites excluding steroid dienone is 1. The van der Waals surface area contributed by atoms with E-state index in [0.29, 0.717) is 11.8 Å². The van der Waals surface area contributed by atoms with Gasteiger partial charge in [0, 0.05) is 17.3 Å². The van der Waals surface area contributed by atoms with Crippen LogP contribution in [-0.4, -0.2) is 21.1 Å². The summed E-state index contributed by atoms with van der Waals surface area (Å²) >= 11 is 0. The first-order valence-electron chi connectivity index (χ1n) is 11.2. The summed E-state index contributed by atoms with van der Waals surface area (Å²) in [7, 11) is 0. The first kappa shape index (κ1) is 19.7. The van der Waals surface area contributed by atoms with Gasteiger partial charge in [-0.25, -0.2) is 15.0 Å². The van der Waals surface area contributed by atoms with E-state index in [-0.39, 0.29) is 11.6 Å². The third-order valence-corrected chi connectivity index (χ3v) is 7.38. The number of nitrogens with zero attached hydrogens (tertiary/aromatic N) is 5. The van der Waals surface area contributed by atoms with Crippen molar-refractivity contribution in [3.8, 4) is 0 Å². The van der Waals surface area contributed by atoms with E-state index in [2.05, 4.69) is 78.5 Å². The maximum Gasteiger partial charge on any atom is 0.163 e. The van der Waals surface area contributed by atoms with Crippen molar-refractivity contribution >= 4 is 23.0 Å². The van der Waals surface area contributed by atoms with Gasteiger partial charge in [0.1, 0.15) is 24.0 Å². The highest BCUT2D eigenvalue weighted by molar-refractivity contribution is 5.86. The molecule has 0 aliphatic carbocycles. The highest BCUT2D eigenvalue weighted by Crippen LogP contribution is 2.60. The zero-order chi connectivity index (χ0) is 21.6. The van der Waals surface area contributed by atoms with Crippen LogP contribution in [0.5, 0.6) is 0 Å². The molecule has 5 heteroatoms. The predicted molar refractivity (Wildman–Crippen MR) is 126 cm³/mol. The fraction of sp³-hybridized carbons (Fsp3) is 0.346. The van der Waals surface area contributed by atoms with Gasteiger partial charge in [-0.05, 0) is 48.4 Å². The molecule has 0 radical (unpaired) electrons. The lowest BCUT2D eigenvalue weighted by molar-refractivity contribution is 0.153. The Morgan fingerprint density at radius 3 is 2.55 bits per heavy atom. The molecule has 0 saturated carbocycles. The highest BCUT2D eigenvalue weighted by Gasteiger charge is 2.55. The lowest BCUT2D eigenvalue weighted by atomic mass is 9.65. The molecule has 2 aromatic heterocycles. The largest absolute Gasteiger partial charge is 0.315 e. The molecule has 2 aliphatic heterocycles. The molecule has 4 heterocycles. The molecule has 4 unspecified atom stereocenters. The maximum atomic E-state index is 4.74. The summed E-state index contributed by atoms with van der Waals surface area (Å²) in [5, 5.41) is 0. The fourth-order valence-electron chi connectivity index (χ4n) is 5.79. The second-order valence-electron chi connectivity index (χ2n) is 8.73. The summed E-state index contributed by atoms with van der Waals surface area (Å²) in [5.41, 5.74) is 3.54. The Morgan fingerprint density at radius 1 is 1.03 bits per heavy atom. The third-order valence-electron chi connectivity index (χ3n) is 7.38. The average molecular weight is 412 g/mol. The number of anilines is 4. The zero-order valence-corrected chi connectivity index (χ0v) is 18.4. The van der Waals surface area contributed by atoms with Crippen LogP contribution in [0.2, 0.25) is 0 Å². The summed E-state index contributed by atoms with van der Waals surface area (Å²) in [6.07, 6.45) is 9.69.